The van der Waals surface area contributed by atoms with Gasteiger partial charge in [-0.1, -0.05) is 24.3 Å². The van der Waals surface area contributed by atoms with Crippen molar-refractivity contribution in [1.29, 1.82) is 0 Å². The lowest BCUT2D eigenvalue weighted by Crippen LogP contribution is -2.36. The normalized spacial score (nSPS) is 14.3. The highest BCUT2D eigenvalue weighted by atomic mass is 16.5. The van der Waals surface area contributed by atoms with Crippen molar-refractivity contribution in [2.75, 3.05) is 44.1 Å². The summed E-state index contributed by atoms with van der Waals surface area (Å²) in [5, 5.41) is 0. The molecule has 1 heterocycles. The number of carbonyl (C=O) groups is 1. The second kappa shape index (κ2) is 7.01. The van der Waals surface area contributed by atoms with E-state index in [-0.39, 0.29) is 5.97 Å². The molecular formula is C21H24N2O2. The Morgan fingerprint density at radius 3 is 2.20 bits per heavy atom. The quantitative estimate of drug-likeness (QED) is 0.628. The van der Waals surface area contributed by atoms with Crippen LogP contribution in [-0.4, -0.2) is 40.3 Å². The lowest BCUT2D eigenvalue weighted by molar-refractivity contribution is 0.0600. The van der Waals surface area contributed by atoms with Crippen molar-refractivity contribution in [2.45, 2.75) is 6.92 Å². The summed E-state index contributed by atoms with van der Waals surface area (Å²) in [4.78, 5) is 16.1. The minimum Gasteiger partial charge on any atom is -0.465 e. The van der Waals surface area contributed by atoms with Crippen LogP contribution in [0.1, 0.15) is 28.4 Å². The third-order valence-corrected chi connectivity index (χ3v) is 4.74. The van der Waals surface area contributed by atoms with Crippen LogP contribution in [0.5, 0.6) is 0 Å². The molecule has 1 aliphatic heterocycles. The maximum Gasteiger partial charge on any atom is 0.337 e. The van der Waals surface area contributed by atoms with E-state index in [0.29, 0.717) is 5.56 Å². The van der Waals surface area contributed by atoms with E-state index in [9.17, 15) is 4.79 Å². The van der Waals surface area contributed by atoms with E-state index in [4.69, 9.17) is 4.74 Å². The zero-order chi connectivity index (χ0) is 18.0. The van der Waals surface area contributed by atoms with Gasteiger partial charge < -0.3 is 14.5 Å². The number of nitrogens with zero attached hydrogens (tertiary/aromatic N) is 2. The molecule has 0 spiro atoms. The lowest BCUT2D eigenvalue weighted by Gasteiger charge is -2.35. The summed E-state index contributed by atoms with van der Waals surface area (Å²) in [7, 11) is 5.67. The molecule has 2 aromatic carbocycles. The topological polar surface area (TPSA) is 32.8 Å². The summed E-state index contributed by atoms with van der Waals surface area (Å²) in [6, 6.07) is 14.1. The number of fused-ring (bicyclic) bond motifs is 1. The largest absolute Gasteiger partial charge is 0.465 e. The van der Waals surface area contributed by atoms with Gasteiger partial charge in [0.2, 0.25) is 0 Å². The van der Waals surface area contributed by atoms with E-state index in [0.717, 1.165) is 18.7 Å². The maximum atomic E-state index is 11.5. The van der Waals surface area contributed by atoms with Crippen LogP contribution in [0.25, 0.3) is 11.6 Å². The fourth-order valence-electron chi connectivity index (χ4n) is 3.10. The fraction of sp³-hybridized carbons (Fsp3) is 0.286. The van der Waals surface area contributed by atoms with Gasteiger partial charge in [-0.3, -0.25) is 0 Å². The summed E-state index contributed by atoms with van der Waals surface area (Å²) in [6.07, 6.45) is 2.13. The number of benzene rings is 2. The molecule has 4 heteroatoms. The molecular weight excluding hydrogens is 312 g/mol. The average Bonchev–Trinajstić information content (AvgIpc) is 2.64. The Morgan fingerprint density at radius 2 is 1.56 bits per heavy atom. The Balaban J connectivity index is 1.87. The molecule has 0 unspecified atom stereocenters. The first-order chi connectivity index (χ1) is 12.0. The molecule has 0 amide bonds. The minimum atomic E-state index is -0.311. The van der Waals surface area contributed by atoms with Crippen molar-refractivity contribution in [3.8, 4) is 0 Å². The second-order valence-corrected chi connectivity index (χ2v) is 6.49. The van der Waals surface area contributed by atoms with E-state index < -0.39 is 0 Å². The first kappa shape index (κ1) is 17.1. The molecule has 0 saturated carbocycles. The van der Waals surface area contributed by atoms with Gasteiger partial charge in [0.15, 0.2) is 0 Å². The molecule has 0 aromatic heterocycles. The van der Waals surface area contributed by atoms with E-state index in [2.05, 4.69) is 55.1 Å². The number of hydrogen-bond acceptors (Lipinski definition) is 4. The predicted molar refractivity (Wildman–Crippen MR) is 104 cm³/mol. The Morgan fingerprint density at radius 1 is 0.960 bits per heavy atom. The number of rotatable bonds is 3. The summed E-state index contributed by atoms with van der Waals surface area (Å²) in [5.74, 6) is -0.311. The van der Waals surface area contributed by atoms with Gasteiger partial charge in [0, 0.05) is 27.2 Å². The van der Waals surface area contributed by atoms with Crippen LogP contribution < -0.4 is 9.80 Å². The van der Waals surface area contributed by atoms with E-state index in [1.807, 2.05) is 12.1 Å². The summed E-state index contributed by atoms with van der Waals surface area (Å²) in [6.45, 7) is 4.19. The van der Waals surface area contributed by atoms with Gasteiger partial charge in [-0.25, -0.2) is 4.79 Å². The van der Waals surface area contributed by atoms with Crippen molar-refractivity contribution in [3.63, 3.8) is 0 Å². The number of hydrogen-bond donors (Lipinski definition) is 0. The van der Waals surface area contributed by atoms with Gasteiger partial charge >= 0.3 is 5.97 Å². The van der Waals surface area contributed by atoms with Gasteiger partial charge in [-0.2, -0.15) is 0 Å². The molecule has 4 nitrogen and oxygen atoms in total. The Labute approximate surface area is 149 Å². The number of esters is 1. The number of ether oxygens (including phenoxy) is 1. The van der Waals surface area contributed by atoms with Gasteiger partial charge in [-0.05, 0) is 47.9 Å². The molecule has 130 valence electrons. The lowest BCUT2D eigenvalue weighted by atomic mass is 10.0. The first-order valence-corrected chi connectivity index (χ1v) is 8.43. The fourth-order valence-corrected chi connectivity index (χ4v) is 3.10. The van der Waals surface area contributed by atoms with Crippen LogP contribution >= 0.6 is 0 Å². The highest BCUT2D eigenvalue weighted by Gasteiger charge is 2.17. The van der Waals surface area contributed by atoms with Crippen LogP contribution in [0.3, 0.4) is 0 Å². The summed E-state index contributed by atoms with van der Waals surface area (Å²) < 4.78 is 4.74. The van der Waals surface area contributed by atoms with Gasteiger partial charge in [-0.15, -0.1) is 0 Å². The third kappa shape index (κ3) is 3.53. The Kier molecular flexibility index (Phi) is 4.79. The monoisotopic (exact) mass is 336 g/mol. The minimum absolute atomic E-state index is 0.311. The molecule has 0 radical (unpaired) electrons. The van der Waals surface area contributed by atoms with E-state index in [1.165, 1.54) is 29.6 Å². The van der Waals surface area contributed by atoms with Crippen molar-refractivity contribution >= 4 is 29.0 Å². The van der Waals surface area contributed by atoms with Crippen molar-refractivity contribution < 1.29 is 9.53 Å². The molecule has 2 aromatic rings. The number of likely N-dealkylation sites (N-methyl/N-ethyl adjacent to an activating group) is 2. The van der Waals surface area contributed by atoms with Crippen molar-refractivity contribution in [2.24, 2.45) is 0 Å². The number of methoxy groups -OCH3 is 1. The van der Waals surface area contributed by atoms with E-state index >= 15 is 0 Å². The highest BCUT2D eigenvalue weighted by molar-refractivity contribution is 5.90. The molecule has 0 aliphatic carbocycles. The van der Waals surface area contributed by atoms with Crippen molar-refractivity contribution in [3.05, 3.63) is 59.2 Å². The predicted octanol–water partition coefficient (Wildman–Crippen LogP) is 3.92. The molecule has 3 rings (SSSR count). The maximum absolute atomic E-state index is 11.5. The van der Waals surface area contributed by atoms with Crippen LogP contribution in [0.4, 0.5) is 11.4 Å². The Hall–Kier alpha value is -2.75. The number of allylic oxidation sites excluding steroid dienone is 1. The molecule has 1 aliphatic rings. The Bertz CT molecular complexity index is 809. The summed E-state index contributed by atoms with van der Waals surface area (Å²) in [5.41, 5.74) is 6.56. The van der Waals surface area contributed by atoms with Crippen molar-refractivity contribution in [1.82, 2.24) is 0 Å². The zero-order valence-corrected chi connectivity index (χ0v) is 15.2. The zero-order valence-electron chi connectivity index (χ0n) is 15.2. The van der Waals surface area contributed by atoms with Gasteiger partial charge in [0.05, 0.1) is 24.0 Å². The third-order valence-electron chi connectivity index (χ3n) is 4.74. The molecule has 25 heavy (non-hydrogen) atoms. The average molecular weight is 336 g/mol. The smallest absolute Gasteiger partial charge is 0.337 e. The highest BCUT2D eigenvalue weighted by Crippen LogP contribution is 2.34. The van der Waals surface area contributed by atoms with Crippen LogP contribution in [-0.2, 0) is 4.74 Å². The molecule has 0 N–H and O–H groups in total. The van der Waals surface area contributed by atoms with E-state index in [1.54, 1.807) is 12.1 Å². The number of carbonyl (C=O) groups excluding carboxylic acids is 1. The molecule has 0 atom stereocenters. The van der Waals surface area contributed by atoms with Crippen LogP contribution in [0, 0.1) is 0 Å². The first-order valence-electron chi connectivity index (χ1n) is 8.43. The van der Waals surface area contributed by atoms with Gasteiger partial charge in [0.25, 0.3) is 0 Å². The van der Waals surface area contributed by atoms with Gasteiger partial charge in [0.1, 0.15) is 0 Å². The second-order valence-electron chi connectivity index (χ2n) is 6.49. The molecule has 0 fully saturated rings. The molecule has 0 saturated heterocycles. The summed E-state index contributed by atoms with van der Waals surface area (Å²) >= 11 is 0. The van der Waals surface area contributed by atoms with Crippen LogP contribution in [0.15, 0.2) is 42.5 Å². The molecule has 0 bridgehead atoms. The number of anilines is 2. The SMILES string of the molecule is COC(=O)c1ccc(/C=C(\C)c2ccc3c(c2)N(C)CCN3C)cc1. The van der Waals surface area contributed by atoms with Crippen LogP contribution in [0.2, 0.25) is 0 Å². The standard InChI is InChI=1S/C21H24N2O2/c1-15(13-16-5-7-17(8-6-16)21(24)25-4)18-9-10-19-20(14-18)23(3)12-11-22(19)2/h5-10,13-14H,11-12H2,1-4H3/b15-13+.